The zero-order valence-electron chi connectivity index (χ0n) is 10.3. The Hall–Kier alpha value is -1.58. The van der Waals surface area contributed by atoms with Crippen LogP contribution in [0.5, 0.6) is 5.75 Å². The molecule has 2 N–H and O–H groups in total. The molecule has 2 aromatic carbocycles. The highest BCUT2D eigenvalue weighted by atomic mass is 16.5. The fraction of sp³-hybridized carbons (Fsp3) is 0.333. The molecular formula is C15H17NO2. The third-order valence-electron chi connectivity index (χ3n) is 3.38. The average molecular weight is 243 g/mol. The minimum Gasteiger partial charge on any atom is -0.487 e. The van der Waals surface area contributed by atoms with Crippen LogP contribution in [0.1, 0.15) is 12.0 Å². The molecule has 1 atom stereocenters. The first-order chi connectivity index (χ1) is 8.88. The molecule has 1 aliphatic rings. The van der Waals surface area contributed by atoms with E-state index in [-0.39, 0.29) is 6.10 Å². The monoisotopic (exact) mass is 243 g/mol. The summed E-state index contributed by atoms with van der Waals surface area (Å²) < 4.78 is 11.4. The summed E-state index contributed by atoms with van der Waals surface area (Å²) in [6.45, 7) is 2.03. The van der Waals surface area contributed by atoms with Crippen molar-refractivity contribution in [3.63, 3.8) is 0 Å². The van der Waals surface area contributed by atoms with Crippen LogP contribution in [0, 0.1) is 0 Å². The minimum atomic E-state index is 0.178. The van der Waals surface area contributed by atoms with Gasteiger partial charge in [-0.25, -0.2) is 0 Å². The van der Waals surface area contributed by atoms with Crippen molar-refractivity contribution in [3.05, 3.63) is 42.0 Å². The fourth-order valence-corrected chi connectivity index (χ4v) is 2.40. The summed E-state index contributed by atoms with van der Waals surface area (Å²) in [5.74, 6) is 0.929. The summed E-state index contributed by atoms with van der Waals surface area (Å²) in [6, 6.07) is 12.3. The number of hydrogen-bond donors (Lipinski definition) is 1. The van der Waals surface area contributed by atoms with Crippen molar-refractivity contribution in [2.45, 2.75) is 19.1 Å². The van der Waals surface area contributed by atoms with Gasteiger partial charge in [0.25, 0.3) is 0 Å². The van der Waals surface area contributed by atoms with E-state index in [0.29, 0.717) is 13.2 Å². The van der Waals surface area contributed by atoms with Gasteiger partial charge in [0.15, 0.2) is 0 Å². The predicted octanol–water partition coefficient (Wildman–Crippen LogP) is 2.47. The van der Waals surface area contributed by atoms with E-state index in [1.54, 1.807) is 0 Å². The lowest BCUT2D eigenvalue weighted by Gasteiger charge is -2.15. The highest BCUT2D eigenvalue weighted by molar-refractivity contribution is 5.91. The topological polar surface area (TPSA) is 44.5 Å². The molecule has 0 aliphatic carbocycles. The Morgan fingerprint density at radius 2 is 2.00 bits per heavy atom. The molecule has 1 heterocycles. The lowest BCUT2D eigenvalue weighted by atomic mass is 10.0. The van der Waals surface area contributed by atoms with Gasteiger partial charge < -0.3 is 15.2 Å². The van der Waals surface area contributed by atoms with Crippen molar-refractivity contribution >= 4 is 10.8 Å². The Morgan fingerprint density at radius 1 is 1.17 bits per heavy atom. The number of benzene rings is 2. The summed E-state index contributed by atoms with van der Waals surface area (Å²) in [5, 5.41) is 2.31. The van der Waals surface area contributed by atoms with Crippen molar-refractivity contribution in [2.24, 2.45) is 5.73 Å². The van der Waals surface area contributed by atoms with Crippen LogP contribution in [0.3, 0.4) is 0 Å². The molecule has 0 saturated carbocycles. The Labute approximate surface area is 106 Å². The van der Waals surface area contributed by atoms with Crippen LogP contribution in [0.25, 0.3) is 10.8 Å². The van der Waals surface area contributed by atoms with E-state index in [1.165, 1.54) is 5.39 Å². The van der Waals surface area contributed by atoms with Crippen molar-refractivity contribution in [1.82, 2.24) is 0 Å². The molecule has 18 heavy (non-hydrogen) atoms. The molecular weight excluding hydrogens is 226 g/mol. The number of nitrogens with two attached hydrogens (primary N) is 1. The van der Waals surface area contributed by atoms with Gasteiger partial charge in [0.1, 0.15) is 11.9 Å². The summed E-state index contributed by atoms with van der Waals surface area (Å²) in [7, 11) is 0. The molecule has 0 aromatic heterocycles. The van der Waals surface area contributed by atoms with Crippen LogP contribution in [-0.2, 0) is 11.3 Å². The summed E-state index contributed by atoms with van der Waals surface area (Å²) >= 11 is 0. The Bertz CT molecular complexity index is 547. The maximum absolute atomic E-state index is 6.02. The second-order valence-electron chi connectivity index (χ2n) is 4.58. The highest BCUT2D eigenvalue weighted by Gasteiger charge is 2.18. The van der Waals surface area contributed by atoms with Gasteiger partial charge >= 0.3 is 0 Å². The largest absolute Gasteiger partial charge is 0.487 e. The van der Waals surface area contributed by atoms with E-state index in [9.17, 15) is 0 Å². The zero-order valence-corrected chi connectivity index (χ0v) is 10.3. The molecule has 0 spiro atoms. The Morgan fingerprint density at radius 3 is 2.72 bits per heavy atom. The molecule has 3 heteroatoms. The smallest absolute Gasteiger partial charge is 0.127 e. The van der Waals surface area contributed by atoms with E-state index in [0.717, 1.165) is 29.7 Å². The van der Waals surface area contributed by atoms with Crippen molar-refractivity contribution in [3.8, 4) is 5.75 Å². The van der Waals surface area contributed by atoms with Gasteiger partial charge in [-0.05, 0) is 17.0 Å². The maximum Gasteiger partial charge on any atom is 0.127 e. The van der Waals surface area contributed by atoms with Crippen LogP contribution in [-0.4, -0.2) is 19.3 Å². The molecule has 94 valence electrons. The standard InChI is InChI=1S/C15H17NO2/c16-9-11-5-6-15(18-12-7-8-17-10-12)14-4-2-1-3-13(11)14/h1-6,12H,7-10,16H2. The molecule has 3 nitrogen and oxygen atoms in total. The first-order valence-electron chi connectivity index (χ1n) is 6.33. The second kappa shape index (κ2) is 4.96. The highest BCUT2D eigenvalue weighted by Crippen LogP contribution is 2.30. The number of ether oxygens (including phenoxy) is 2. The lowest BCUT2D eigenvalue weighted by Crippen LogP contribution is -2.16. The first-order valence-corrected chi connectivity index (χ1v) is 6.33. The van der Waals surface area contributed by atoms with Crippen LogP contribution in [0.2, 0.25) is 0 Å². The SMILES string of the molecule is NCc1ccc(OC2CCOC2)c2ccccc12. The van der Waals surface area contributed by atoms with E-state index in [1.807, 2.05) is 24.3 Å². The molecule has 3 rings (SSSR count). The maximum atomic E-state index is 6.02. The molecule has 2 aromatic rings. The van der Waals surface area contributed by atoms with Crippen LogP contribution in [0.4, 0.5) is 0 Å². The molecule has 0 bridgehead atoms. The van der Waals surface area contributed by atoms with E-state index in [2.05, 4.69) is 12.1 Å². The normalized spacial score (nSPS) is 19.3. The average Bonchev–Trinajstić information content (AvgIpc) is 2.92. The van der Waals surface area contributed by atoms with Crippen molar-refractivity contribution in [2.75, 3.05) is 13.2 Å². The quantitative estimate of drug-likeness (QED) is 0.900. The molecule has 1 saturated heterocycles. The van der Waals surface area contributed by atoms with E-state index < -0.39 is 0 Å². The second-order valence-corrected chi connectivity index (χ2v) is 4.58. The Balaban J connectivity index is 2.01. The first kappa shape index (κ1) is 11.5. The van der Waals surface area contributed by atoms with E-state index in [4.69, 9.17) is 15.2 Å². The molecule has 1 unspecified atom stereocenters. The molecule has 1 aliphatic heterocycles. The molecule has 0 amide bonds. The van der Waals surface area contributed by atoms with E-state index >= 15 is 0 Å². The van der Waals surface area contributed by atoms with Crippen LogP contribution in [0.15, 0.2) is 36.4 Å². The number of hydrogen-bond acceptors (Lipinski definition) is 3. The van der Waals surface area contributed by atoms with Gasteiger partial charge in [0.2, 0.25) is 0 Å². The van der Waals surface area contributed by atoms with Gasteiger partial charge in [-0.1, -0.05) is 30.3 Å². The van der Waals surface area contributed by atoms with Gasteiger partial charge in [0.05, 0.1) is 13.2 Å². The minimum absolute atomic E-state index is 0.178. The van der Waals surface area contributed by atoms with Gasteiger partial charge in [0, 0.05) is 18.4 Å². The predicted molar refractivity (Wildman–Crippen MR) is 71.7 cm³/mol. The van der Waals surface area contributed by atoms with Crippen LogP contribution >= 0.6 is 0 Å². The van der Waals surface area contributed by atoms with Gasteiger partial charge in [-0.15, -0.1) is 0 Å². The van der Waals surface area contributed by atoms with Gasteiger partial charge in [-0.2, -0.15) is 0 Å². The van der Waals surface area contributed by atoms with Gasteiger partial charge in [-0.3, -0.25) is 0 Å². The summed E-state index contributed by atoms with van der Waals surface area (Å²) in [5.41, 5.74) is 6.92. The molecule has 1 fully saturated rings. The summed E-state index contributed by atoms with van der Waals surface area (Å²) in [6.07, 6.45) is 1.14. The Kier molecular flexibility index (Phi) is 3.17. The number of fused-ring (bicyclic) bond motifs is 1. The lowest BCUT2D eigenvalue weighted by molar-refractivity contribution is 0.142. The third-order valence-corrected chi connectivity index (χ3v) is 3.38. The third kappa shape index (κ3) is 2.07. The van der Waals surface area contributed by atoms with Crippen molar-refractivity contribution in [1.29, 1.82) is 0 Å². The van der Waals surface area contributed by atoms with Crippen LogP contribution < -0.4 is 10.5 Å². The van der Waals surface area contributed by atoms with Crippen molar-refractivity contribution < 1.29 is 9.47 Å². The zero-order chi connectivity index (χ0) is 12.4. The summed E-state index contributed by atoms with van der Waals surface area (Å²) in [4.78, 5) is 0. The number of rotatable bonds is 3. The molecule has 0 radical (unpaired) electrons. The fourth-order valence-electron chi connectivity index (χ4n) is 2.40.